The van der Waals surface area contributed by atoms with Crippen LogP contribution in [-0.4, -0.2) is 20.2 Å². The maximum Gasteiger partial charge on any atom is 0.259 e. The lowest BCUT2D eigenvalue weighted by Crippen LogP contribution is -2.17. The first-order chi connectivity index (χ1) is 12.1. The minimum Gasteiger partial charge on any atom is -0.508 e. The van der Waals surface area contributed by atoms with Gasteiger partial charge in [0.1, 0.15) is 5.75 Å². The van der Waals surface area contributed by atoms with E-state index in [1.54, 1.807) is 12.1 Å². The van der Waals surface area contributed by atoms with Gasteiger partial charge in [-0.3, -0.25) is 4.79 Å². The number of rotatable bonds is 3. The quantitative estimate of drug-likeness (QED) is 0.750. The van der Waals surface area contributed by atoms with E-state index >= 15 is 0 Å². The van der Waals surface area contributed by atoms with E-state index in [-0.39, 0.29) is 17.1 Å². The monoisotopic (exact) mass is 357 g/mol. The number of phenolic OH excluding ortho intramolecular Hbond substituents is 1. The molecule has 2 N–H and O–H groups in total. The molecular weight excluding hydrogens is 342 g/mol. The van der Waals surface area contributed by atoms with Crippen LogP contribution in [0.2, 0.25) is 5.02 Å². The van der Waals surface area contributed by atoms with Crippen molar-refractivity contribution < 1.29 is 9.63 Å². The van der Waals surface area contributed by atoms with Crippen LogP contribution in [0.15, 0.2) is 33.6 Å². The van der Waals surface area contributed by atoms with E-state index in [1.165, 1.54) is 6.07 Å². The fourth-order valence-corrected chi connectivity index (χ4v) is 3.36. The summed E-state index contributed by atoms with van der Waals surface area (Å²) < 4.78 is 5.27. The minimum absolute atomic E-state index is 0.0977. The number of halogens is 1. The molecule has 4 rings (SSSR count). The van der Waals surface area contributed by atoms with Crippen molar-refractivity contribution in [3.05, 3.63) is 62.4 Å². The van der Waals surface area contributed by atoms with Crippen molar-refractivity contribution in [2.24, 2.45) is 0 Å². The topological polar surface area (TPSA) is 92.0 Å². The number of nitrogens with one attached hydrogen (secondary N) is 1. The fourth-order valence-electron chi connectivity index (χ4n) is 3.12. The van der Waals surface area contributed by atoms with Crippen LogP contribution in [0.3, 0.4) is 0 Å². The van der Waals surface area contributed by atoms with Crippen LogP contribution in [0.25, 0.3) is 11.4 Å². The van der Waals surface area contributed by atoms with Gasteiger partial charge in [0.25, 0.3) is 5.56 Å². The number of hydrogen-bond donors (Lipinski definition) is 2. The van der Waals surface area contributed by atoms with E-state index in [1.807, 2.05) is 6.07 Å². The second-order valence-electron chi connectivity index (χ2n) is 6.19. The molecule has 0 aliphatic heterocycles. The zero-order chi connectivity index (χ0) is 17.4. The van der Waals surface area contributed by atoms with Gasteiger partial charge in [-0.2, -0.15) is 4.98 Å². The van der Waals surface area contributed by atoms with Gasteiger partial charge in [-0.15, -0.1) is 0 Å². The molecule has 2 aromatic heterocycles. The summed E-state index contributed by atoms with van der Waals surface area (Å²) >= 11 is 6.10. The van der Waals surface area contributed by atoms with Crippen molar-refractivity contribution in [2.45, 2.75) is 32.1 Å². The zero-order valence-corrected chi connectivity index (χ0v) is 14.1. The number of benzene rings is 1. The Morgan fingerprint density at radius 2 is 2.08 bits per heavy atom. The van der Waals surface area contributed by atoms with Gasteiger partial charge >= 0.3 is 0 Å². The lowest BCUT2D eigenvalue weighted by molar-refractivity contribution is 0.385. The number of aryl methyl sites for hydroxylation is 2. The normalized spacial score (nSPS) is 13.6. The molecule has 0 atom stereocenters. The van der Waals surface area contributed by atoms with E-state index in [4.69, 9.17) is 16.1 Å². The first kappa shape index (κ1) is 15.9. The van der Waals surface area contributed by atoms with Crippen LogP contribution in [0.4, 0.5) is 0 Å². The molecule has 0 spiro atoms. The molecule has 3 aromatic rings. The first-order valence-corrected chi connectivity index (χ1v) is 8.53. The standard InChI is InChI=1S/C18H16ClN3O3/c19-14-9-12(23)6-5-10(14)8-16-21-17(22-25-16)13-7-11-3-1-2-4-15(11)20-18(13)24/h5-7,9,23H,1-4,8H2,(H,20,24). The summed E-state index contributed by atoms with van der Waals surface area (Å²) in [6, 6.07) is 6.58. The fraction of sp³-hybridized carbons (Fsp3) is 0.278. The zero-order valence-electron chi connectivity index (χ0n) is 13.4. The van der Waals surface area contributed by atoms with Crippen LogP contribution in [-0.2, 0) is 19.3 Å². The Kier molecular flexibility index (Phi) is 4.05. The molecule has 25 heavy (non-hydrogen) atoms. The smallest absolute Gasteiger partial charge is 0.259 e. The predicted octanol–water partition coefficient (Wildman–Crippen LogP) is 3.25. The van der Waals surface area contributed by atoms with E-state index in [0.29, 0.717) is 22.9 Å². The summed E-state index contributed by atoms with van der Waals surface area (Å²) in [6.07, 6.45) is 4.40. The van der Waals surface area contributed by atoms with Crippen LogP contribution < -0.4 is 5.56 Å². The molecule has 0 saturated heterocycles. The highest BCUT2D eigenvalue weighted by Gasteiger charge is 2.18. The molecule has 128 valence electrons. The number of phenols is 1. The second kappa shape index (κ2) is 6.37. The summed E-state index contributed by atoms with van der Waals surface area (Å²) in [5.74, 6) is 0.736. The molecule has 0 amide bonds. The highest BCUT2D eigenvalue weighted by molar-refractivity contribution is 6.31. The lowest BCUT2D eigenvalue weighted by atomic mass is 9.95. The average molecular weight is 358 g/mol. The number of pyridine rings is 1. The lowest BCUT2D eigenvalue weighted by Gasteiger charge is -2.15. The van der Waals surface area contributed by atoms with Gasteiger partial charge < -0.3 is 14.6 Å². The SMILES string of the molecule is O=c1[nH]c2c(cc1-c1noc(Cc3ccc(O)cc3Cl)n1)CCCC2. The minimum atomic E-state index is -0.198. The van der Waals surface area contributed by atoms with Gasteiger partial charge in [-0.05, 0) is 55.0 Å². The highest BCUT2D eigenvalue weighted by Crippen LogP contribution is 2.25. The van der Waals surface area contributed by atoms with E-state index < -0.39 is 0 Å². The summed E-state index contributed by atoms with van der Waals surface area (Å²) in [5, 5.41) is 13.8. The van der Waals surface area contributed by atoms with Crippen LogP contribution in [0.1, 0.15) is 35.6 Å². The third-order valence-electron chi connectivity index (χ3n) is 4.43. The number of aromatic nitrogens is 3. The number of H-pyrrole nitrogens is 1. The molecule has 1 aliphatic carbocycles. The molecular formula is C18H16ClN3O3. The number of aromatic hydroxyl groups is 1. The molecule has 0 unspecified atom stereocenters. The van der Waals surface area contributed by atoms with Gasteiger partial charge in [-0.25, -0.2) is 0 Å². The summed E-state index contributed by atoms with van der Waals surface area (Å²) in [4.78, 5) is 19.6. The molecule has 0 radical (unpaired) electrons. The third-order valence-corrected chi connectivity index (χ3v) is 4.78. The van der Waals surface area contributed by atoms with Crippen molar-refractivity contribution in [1.29, 1.82) is 0 Å². The second-order valence-corrected chi connectivity index (χ2v) is 6.59. The van der Waals surface area contributed by atoms with Crippen molar-refractivity contribution >= 4 is 11.6 Å². The predicted molar refractivity (Wildman–Crippen MR) is 92.9 cm³/mol. The summed E-state index contributed by atoms with van der Waals surface area (Å²) in [7, 11) is 0. The summed E-state index contributed by atoms with van der Waals surface area (Å²) in [5.41, 5.74) is 3.14. The van der Waals surface area contributed by atoms with E-state index in [2.05, 4.69) is 15.1 Å². The Labute approximate surface area is 148 Å². The Balaban J connectivity index is 1.64. The Hall–Kier alpha value is -2.60. The van der Waals surface area contributed by atoms with Crippen molar-refractivity contribution in [1.82, 2.24) is 15.1 Å². The maximum atomic E-state index is 12.3. The summed E-state index contributed by atoms with van der Waals surface area (Å²) in [6.45, 7) is 0. The van der Waals surface area contributed by atoms with E-state index in [0.717, 1.165) is 42.5 Å². The molecule has 7 heteroatoms. The molecule has 2 heterocycles. The first-order valence-electron chi connectivity index (χ1n) is 8.15. The van der Waals surface area contributed by atoms with Crippen molar-refractivity contribution in [3.63, 3.8) is 0 Å². The average Bonchev–Trinajstić information content (AvgIpc) is 3.05. The Bertz CT molecular complexity index is 993. The third kappa shape index (κ3) is 3.17. The number of nitrogens with zero attached hydrogens (tertiary/aromatic N) is 2. The Morgan fingerprint density at radius 3 is 2.92 bits per heavy atom. The largest absolute Gasteiger partial charge is 0.508 e. The molecule has 0 fully saturated rings. The van der Waals surface area contributed by atoms with Gasteiger partial charge in [0.05, 0.1) is 12.0 Å². The Morgan fingerprint density at radius 1 is 1.24 bits per heavy atom. The van der Waals surface area contributed by atoms with Crippen molar-refractivity contribution in [3.8, 4) is 17.1 Å². The van der Waals surface area contributed by atoms with Crippen LogP contribution in [0.5, 0.6) is 5.75 Å². The number of fused-ring (bicyclic) bond motifs is 1. The van der Waals surface area contributed by atoms with E-state index in [9.17, 15) is 9.90 Å². The molecule has 0 saturated carbocycles. The maximum absolute atomic E-state index is 12.3. The van der Waals surface area contributed by atoms with Crippen molar-refractivity contribution in [2.75, 3.05) is 0 Å². The van der Waals surface area contributed by atoms with Gasteiger partial charge in [0.2, 0.25) is 11.7 Å². The van der Waals surface area contributed by atoms with Gasteiger partial charge in [0, 0.05) is 10.7 Å². The van der Waals surface area contributed by atoms with Crippen LogP contribution in [0, 0.1) is 0 Å². The highest BCUT2D eigenvalue weighted by atomic mass is 35.5. The van der Waals surface area contributed by atoms with Gasteiger partial charge in [-0.1, -0.05) is 22.8 Å². The molecule has 6 nitrogen and oxygen atoms in total. The molecule has 1 aliphatic rings. The van der Waals surface area contributed by atoms with Gasteiger partial charge in [0.15, 0.2) is 0 Å². The molecule has 1 aromatic carbocycles. The number of hydrogen-bond acceptors (Lipinski definition) is 5. The molecule has 0 bridgehead atoms. The van der Waals surface area contributed by atoms with Crippen LogP contribution >= 0.6 is 11.6 Å². The number of aromatic amines is 1.